The van der Waals surface area contributed by atoms with Crippen LogP contribution in [-0.4, -0.2) is 40.4 Å². The molecule has 0 aliphatic heterocycles. The van der Waals surface area contributed by atoms with Gasteiger partial charge in [-0.05, 0) is 32.9 Å². The molecule has 0 fully saturated rings. The summed E-state index contributed by atoms with van der Waals surface area (Å²) < 4.78 is 42.3. The number of hydrogen-bond acceptors (Lipinski definition) is 3. The minimum atomic E-state index is -1.02. The first-order valence-electron chi connectivity index (χ1n) is 7.18. The van der Waals surface area contributed by atoms with Crippen LogP contribution >= 0.6 is 0 Å². The summed E-state index contributed by atoms with van der Waals surface area (Å²) >= 11 is 0. The lowest BCUT2D eigenvalue weighted by Crippen LogP contribution is -2.40. The molecule has 130 valence electrons. The van der Waals surface area contributed by atoms with E-state index in [1.165, 1.54) is 6.07 Å². The SMILES string of the molecule is CC(C)(C)S(=O)CCNC(=O)NCCOc1ccc(F)c(F)c1. The summed E-state index contributed by atoms with van der Waals surface area (Å²) in [6, 6.07) is 2.82. The van der Waals surface area contributed by atoms with Crippen LogP contribution in [0.3, 0.4) is 0 Å². The topological polar surface area (TPSA) is 67.4 Å². The van der Waals surface area contributed by atoms with E-state index in [1.807, 2.05) is 20.8 Å². The van der Waals surface area contributed by atoms with Gasteiger partial charge in [-0.25, -0.2) is 13.6 Å². The van der Waals surface area contributed by atoms with Gasteiger partial charge in [0.15, 0.2) is 11.6 Å². The standard InChI is InChI=1S/C15H22F2N2O3S/c1-15(2,3)23(21)9-7-19-14(20)18-6-8-22-11-4-5-12(16)13(17)10-11/h4-5,10H,6-9H2,1-3H3,(H2,18,19,20). The Morgan fingerprint density at radius 3 is 2.43 bits per heavy atom. The molecule has 0 aromatic heterocycles. The minimum Gasteiger partial charge on any atom is -0.492 e. The number of amides is 2. The van der Waals surface area contributed by atoms with Gasteiger partial charge in [0.1, 0.15) is 12.4 Å². The second-order valence-corrected chi connectivity index (χ2v) is 8.09. The first-order valence-corrected chi connectivity index (χ1v) is 8.50. The van der Waals surface area contributed by atoms with Crippen molar-refractivity contribution in [1.29, 1.82) is 0 Å². The Hall–Kier alpha value is -1.70. The number of halogens is 2. The lowest BCUT2D eigenvalue weighted by molar-refractivity contribution is 0.237. The Morgan fingerprint density at radius 2 is 1.83 bits per heavy atom. The Morgan fingerprint density at radius 1 is 1.17 bits per heavy atom. The zero-order valence-corrected chi connectivity index (χ0v) is 14.3. The normalized spacial score (nSPS) is 12.6. The second kappa shape index (κ2) is 8.81. The van der Waals surface area contributed by atoms with Crippen LogP contribution in [0.15, 0.2) is 18.2 Å². The summed E-state index contributed by atoms with van der Waals surface area (Å²) in [4.78, 5) is 11.5. The minimum absolute atomic E-state index is 0.117. The Labute approximate surface area is 137 Å². The van der Waals surface area contributed by atoms with Crippen LogP contribution in [0.1, 0.15) is 20.8 Å². The van der Waals surface area contributed by atoms with Crippen molar-refractivity contribution in [1.82, 2.24) is 10.6 Å². The summed E-state index contributed by atoms with van der Waals surface area (Å²) in [7, 11) is -1.02. The molecule has 2 N–H and O–H groups in total. The third-order valence-electron chi connectivity index (χ3n) is 2.80. The molecule has 23 heavy (non-hydrogen) atoms. The van der Waals surface area contributed by atoms with Gasteiger partial charge >= 0.3 is 6.03 Å². The van der Waals surface area contributed by atoms with Crippen molar-refractivity contribution >= 4 is 16.8 Å². The number of urea groups is 1. The van der Waals surface area contributed by atoms with Crippen LogP contribution in [0.25, 0.3) is 0 Å². The van der Waals surface area contributed by atoms with E-state index in [2.05, 4.69) is 10.6 Å². The molecular weight excluding hydrogens is 326 g/mol. The van der Waals surface area contributed by atoms with Gasteiger partial charge in [-0.15, -0.1) is 0 Å². The number of rotatable bonds is 7. The maximum atomic E-state index is 12.9. The third kappa shape index (κ3) is 7.40. The van der Waals surface area contributed by atoms with Crippen molar-refractivity contribution < 1.29 is 22.5 Å². The number of nitrogens with one attached hydrogen (secondary N) is 2. The zero-order chi connectivity index (χ0) is 17.5. The summed E-state index contributed by atoms with van der Waals surface area (Å²) in [5.41, 5.74) is 0. The Bertz CT molecular complexity index is 562. The fourth-order valence-corrected chi connectivity index (χ4v) is 2.43. The number of hydrogen-bond donors (Lipinski definition) is 2. The predicted octanol–water partition coefficient (Wildman–Crippen LogP) is 2.19. The zero-order valence-electron chi connectivity index (χ0n) is 13.4. The highest BCUT2D eigenvalue weighted by Crippen LogP contribution is 2.15. The average Bonchev–Trinajstić information content (AvgIpc) is 2.46. The molecule has 0 aliphatic carbocycles. The molecule has 1 aromatic carbocycles. The summed E-state index contributed by atoms with van der Waals surface area (Å²) in [6.07, 6.45) is 0. The van der Waals surface area contributed by atoms with Gasteiger partial charge in [-0.3, -0.25) is 4.21 Å². The molecule has 1 rings (SSSR count). The maximum Gasteiger partial charge on any atom is 0.314 e. The molecule has 1 aromatic rings. The number of benzene rings is 1. The molecule has 8 heteroatoms. The maximum absolute atomic E-state index is 12.9. The highest BCUT2D eigenvalue weighted by molar-refractivity contribution is 7.86. The molecule has 0 saturated carbocycles. The van der Waals surface area contributed by atoms with Gasteiger partial charge in [0.2, 0.25) is 0 Å². The van der Waals surface area contributed by atoms with E-state index < -0.39 is 28.5 Å². The van der Waals surface area contributed by atoms with E-state index in [0.717, 1.165) is 12.1 Å². The van der Waals surface area contributed by atoms with Crippen LogP contribution < -0.4 is 15.4 Å². The van der Waals surface area contributed by atoms with E-state index >= 15 is 0 Å². The van der Waals surface area contributed by atoms with E-state index in [0.29, 0.717) is 12.3 Å². The monoisotopic (exact) mass is 348 g/mol. The molecule has 2 amide bonds. The average molecular weight is 348 g/mol. The third-order valence-corrected chi connectivity index (χ3v) is 4.74. The van der Waals surface area contributed by atoms with Gasteiger partial charge in [0.25, 0.3) is 0 Å². The van der Waals surface area contributed by atoms with Crippen molar-refractivity contribution in [3.8, 4) is 5.75 Å². The van der Waals surface area contributed by atoms with Crippen LogP contribution in [-0.2, 0) is 10.8 Å². The fourth-order valence-electron chi connectivity index (χ4n) is 1.53. The summed E-state index contributed by atoms with van der Waals surface area (Å²) in [6.45, 7) is 6.25. The predicted molar refractivity (Wildman–Crippen MR) is 86.0 cm³/mol. The largest absolute Gasteiger partial charge is 0.492 e. The van der Waals surface area contributed by atoms with Crippen molar-refractivity contribution in [3.63, 3.8) is 0 Å². The number of ether oxygens (including phenoxy) is 1. The molecule has 0 bridgehead atoms. The molecule has 0 spiro atoms. The first-order chi connectivity index (χ1) is 10.7. The fraction of sp³-hybridized carbons (Fsp3) is 0.533. The van der Waals surface area contributed by atoms with Gasteiger partial charge in [-0.1, -0.05) is 0 Å². The van der Waals surface area contributed by atoms with Crippen molar-refractivity contribution in [2.45, 2.75) is 25.5 Å². The van der Waals surface area contributed by atoms with Gasteiger partial charge in [0.05, 0.1) is 6.54 Å². The molecule has 1 atom stereocenters. The van der Waals surface area contributed by atoms with Crippen LogP contribution in [0, 0.1) is 11.6 Å². The van der Waals surface area contributed by atoms with Crippen molar-refractivity contribution in [2.75, 3.05) is 25.4 Å². The summed E-state index contributed by atoms with van der Waals surface area (Å²) in [5.74, 6) is -1.36. The molecule has 5 nitrogen and oxygen atoms in total. The molecule has 1 unspecified atom stereocenters. The first kappa shape index (κ1) is 19.3. The van der Waals surface area contributed by atoms with Crippen LogP contribution in [0.5, 0.6) is 5.75 Å². The molecule has 0 aliphatic rings. The van der Waals surface area contributed by atoms with E-state index in [-0.39, 0.29) is 23.6 Å². The highest BCUT2D eigenvalue weighted by atomic mass is 32.2. The van der Waals surface area contributed by atoms with Crippen molar-refractivity contribution in [2.24, 2.45) is 0 Å². The quantitative estimate of drug-likeness (QED) is 0.742. The molecule has 0 radical (unpaired) electrons. The smallest absolute Gasteiger partial charge is 0.314 e. The highest BCUT2D eigenvalue weighted by Gasteiger charge is 2.18. The van der Waals surface area contributed by atoms with Gasteiger partial charge in [0, 0.05) is 33.9 Å². The van der Waals surface area contributed by atoms with Crippen molar-refractivity contribution in [3.05, 3.63) is 29.8 Å². The lowest BCUT2D eigenvalue weighted by Gasteiger charge is -2.17. The number of carbonyl (C=O) groups excluding carboxylic acids is 1. The number of carbonyl (C=O) groups is 1. The molecular formula is C15H22F2N2O3S. The van der Waals surface area contributed by atoms with E-state index in [9.17, 15) is 17.8 Å². The van der Waals surface area contributed by atoms with E-state index in [1.54, 1.807) is 0 Å². The van der Waals surface area contributed by atoms with Crippen LogP contribution in [0.2, 0.25) is 0 Å². The van der Waals surface area contributed by atoms with Gasteiger partial charge in [-0.2, -0.15) is 0 Å². The summed E-state index contributed by atoms with van der Waals surface area (Å²) in [5, 5.41) is 5.14. The molecule has 0 heterocycles. The molecule has 0 saturated heterocycles. The van der Waals surface area contributed by atoms with E-state index in [4.69, 9.17) is 4.74 Å². The lowest BCUT2D eigenvalue weighted by atomic mass is 10.3. The Balaban J connectivity index is 2.17. The Kier molecular flexibility index (Phi) is 7.41. The second-order valence-electron chi connectivity index (χ2n) is 5.77. The van der Waals surface area contributed by atoms with Gasteiger partial charge < -0.3 is 15.4 Å². The van der Waals surface area contributed by atoms with Crippen LogP contribution in [0.4, 0.5) is 13.6 Å².